The van der Waals surface area contributed by atoms with E-state index in [1.54, 1.807) is 0 Å². The summed E-state index contributed by atoms with van der Waals surface area (Å²) in [7, 11) is 6.04. The smallest absolute Gasteiger partial charge is 0.216 e. The van der Waals surface area contributed by atoms with Crippen LogP contribution in [0.5, 0.6) is 0 Å². The fourth-order valence-corrected chi connectivity index (χ4v) is 1.15. The van der Waals surface area contributed by atoms with Gasteiger partial charge in [-0.25, -0.2) is 0 Å². The van der Waals surface area contributed by atoms with Gasteiger partial charge in [0.1, 0.15) is 6.54 Å². The van der Waals surface area contributed by atoms with Gasteiger partial charge < -0.3 is 4.48 Å². The Hall–Kier alpha value is -1.15. The minimum absolute atomic E-state index is 0.202. The number of hydrogen-bond acceptors (Lipinski definition) is 1. The van der Waals surface area contributed by atoms with Crippen LogP contribution < -0.4 is 0 Å². The lowest BCUT2D eigenvalue weighted by molar-refractivity contribution is -0.861. The van der Waals surface area contributed by atoms with Gasteiger partial charge in [-0.15, -0.1) is 0 Å². The van der Waals surface area contributed by atoms with Crippen LogP contribution in [-0.4, -0.2) is 38.0 Å². The van der Waals surface area contributed by atoms with Crippen LogP contribution in [0.4, 0.5) is 0 Å². The molecule has 1 aromatic carbocycles. The van der Waals surface area contributed by atoms with E-state index in [1.807, 2.05) is 51.5 Å². The maximum Gasteiger partial charge on any atom is 0.216 e. The van der Waals surface area contributed by atoms with E-state index in [9.17, 15) is 4.79 Å². The SMILES string of the molecule is C[N+](C)(C)CC(=O)c1ccccc1. The molecule has 0 aromatic heterocycles. The average Bonchev–Trinajstić information content (AvgIpc) is 2.03. The molecular weight excluding hydrogens is 162 g/mol. The van der Waals surface area contributed by atoms with Gasteiger partial charge in [0, 0.05) is 5.56 Å². The molecule has 0 amide bonds. The number of likely N-dealkylation sites (N-methyl/N-ethyl adjacent to an activating group) is 1. The van der Waals surface area contributed by atoms with Crippen LogP contribution in [0, 0.1) is 0 Å². The Kier molecular flexibility index (Phi) is 2.83. The fourth-order valence-electron chi connectivity index (χ4n) is 1.15. The number of quaternary nitrogens is 1. The molecule has 0 saturated heterocycles. The van der Waals surface area contributed by atoms with Crippen molar-refractivity contribution in [3.05, 3.63) is 35.9 Å². The van der Waals surface area contributed by atoms with Crippen LogP contribution in [-0.2, 0) is 0 Å². The topological polar surface area (TPSA) is 17.1 Å². The van der Waals surface area contributed by atoms with E-state index in [1.165, 1.54) is 0 Å². The number of carbonyl (C=O) groups excluding carboxylic acids is 1. The Morgan fingerprint density at radius 1 is 1.15 bits per heavy atom. The molecule has 1 rings (SSSR count). The minimum Gasteiger partial charge on any atom is -0.324 e. The molecule has 0 fully saturated rings. The van der Waals surface area contributed by atoms with Crippen LogP contribution in [0.25, 0.3) is 0 Å². The molecule has 0 atom stereocenters. The van der Waals surface area contributed by atoms with Gasteiger partial charge >= 0.3 is 0 Å². The van der Waals surface area contributed by atoms with Gasteiger partial charge in [-0.1, -0.05) is 30.3 Å². The second kappa shape index (κ2) is 3.71. The van der Waals surface area contributed by atoms with Crippen molar-refractivity contribution in [2.45, 2.75) is 0 Å². The van der Waals surface area contributed by atoms with Crippen LogP contribution >= 0.6 is 0 Å². The maximum atomic E-state index is 11.6. The van der Waals surface area contributed by atoms with E-state index < -0.39 is 0 Å². The van der Waals surface area contributed by atoms with Crippen molar-refractivity contribution < 1.29 is 9.28 Å². The minimum atomic E-state index is 0.202. The summed E-state index contributed by atoms with van der Waals surface area (Å²) in [5, 5.41) is 0. The number of benzene rings is 1. The number of nitrogens with zero attached hydrogens (tertiary/aromatic N) is 1. The summed E-state index contributed by atoms with van der Waals surface area (Å²) >= 11 is 0. The molecule has 1 aromatic rings. The zero-order valence-electron chi connectivity index (χ0n) is 8.45. The number of hydrogen-bond donors (Lipinski definition) is 0. The molecule has 13 heavy (non-hydrogen) atoms. The summed E-state index contributed by atoms with van der Waals surface area (Å²) in [5.41, 5.74) is 0.801. The van der Waals surface area contributed by atoms with Crippen molar-refractivity contribution in [1.82, 2.24) is 0 Å². The summed E-state index contributed by atoms with van der Waals surface area (Å²) in [6.45, 7) is 0.546. The molecule has 0 spiro atoms. The van der Waals surface area contributed by atoms with Crippen LogP contribution in [0.1, 0.15) is 10.4 Å². The Morgan fingerprint density at radius 3 is 2.15 bits per heavy atom. The van der Waals surface area contributed by atoms with E-state index >= 15 is 0 Å². The molecule has 2 nitrogen and oxygen atoms in total. The number of carbonyl (C=O) groups is 1. The highest BCUT2D eigenvalue weighted by Gasteiger charge is 2.15. The van der Waals surface area contributed by atoms with Gasteiger partial charge in [0.25, 0.3) is 0 Å². The van der Waals surface area contributed by atoms with Crippen molar-refractivity contribution >= 4 is 5.78 Å². The number of rotatable bonds is 3. The standard InChI is InChI=1S/C11H16NO/c1-12(2,3)9-11(13)10-7-5-4-6-8-10/h4-8H,9H2,1-3H3/q+1. The molecule has 0 aliphatic rings. The van der Waals surface area contributed by atoms with Crippen molar-refractivity contribution in [3.8, 4) is 0 Å². The molecule has 2 heteroatoms. The normalized spacial score (nSPS) is 11.3. The zero-order valence-corrected chi connectivity index (χ0v) is 8.45. The van der Waals surface area contributed by atoms with E-state index in [0.29, 0.717) is 11.0 Å². The van der Waals surface area contributed by atoms with E-state index in [2.05, 4.69) is 0 Å². The summed E-state index contributed by atoms with van der Waals surface area (Å²) in [6, 6.07) is 9.42. The van der Waals surface area contributed by atoms with E-state index in [0.717, 1.165) is 5.56 Å². The fraction of sp³-hybridized carbons (Fsp3) is 0.364. The average molecular weight is 178 g/mol. The van der Waals surface area contributed by atoms with Gasteiger partial charge in [0.05, 0.1) is 21.1 Å². The third-order valence-corrected chi connectivity index (χ3v) is 1.71. The molecular formula is C11H16NO+. The highest BCUT2D eigenvalue weighted by Crippen LogP contribution is 2.02. The van der Waals surface area contributed by atoms with Crippen molar-refractivity contribution in [2.24, 2.45) is 0 Å². The van der Waals surface area contributed by atoms with Gasteiger partial charge in [-0.3, -0.25) is 4.79 Å². The predicted octanol–water partition coefficient (Wildman–Crippen LogP) is 1.58. The van der Waals surface area contributed by atoms with Crippen molar-refractivity contribution in [3.63, 3.8) is 0 Å². The van der Waals surface area contributed by atoms with Crippen LogP contribution in [0.3, 0.4) is 0 Å². The molecule has 0 N–H and O–H groups in total. The van der Waals surface area contributed by atoms with E-state index in [4.69, 9.17) is 0 Å². The summed E-state index contributed by atoms with van der Waals surface area (Å²) in [6.07, 6.45) is 0. The summed E-state index contributed by atoms with van der Waals surface area (Å²) in [5.74, 6) is 0.202. The lowest BCUT2D eigenvalue weighted by atomic mass is 10.1. The zero-order chi connectivity index (χ0) is 9.90. The predicted molar refractivity (Wildman–Crippen MR) is 53.7 cm³/mol. The highest BCUT2D eigenvalue weighted by atomic mass is 16.1. The van der Waals surface area contributed by atoms with Crippen molar-refractivity contribution in [1.29, 1.82) is 0 Å². The quantitative estimate of drug-likeness (QED) is 0.507. The van der Waals surface area contributed by atoms with Crippen LogP contribution in [0.2, 0.25) is 0 Å². The first kappa shape index (κ1) is 9.93. The largest absolute Gasteiger partial charge is 0.324 e. The monoisotopic (exact) mass is 178 g/mol. The Balaban J connectivity index is 2.71. The Labute approximate surface area is 79.4 Å². The van der Waals surface area contributed by atoms with E-state index in [-0.39, 0.29) is 5.78 Å². The molecule has 0 heterocycles. The molecule has 0 bridgehead atoms. The molecule has 0 aliphatic heterocycles. The van der Waals surface area contributed by atoms with Gasteiger partial charge in [0.2, 0.25) is 5.78 Å². The second-order valence-corrected chi connectivity index (χ2v) is 4.24. The number of Topliss-reactive ketones (excluding diaryl/α,β-unsaturated/α-hetero) is 1. The Bertz CT molecular complexity index is 285. The molecule has 0 unspecified atom stereocenters. The molecule has 0 saturated carbocycles. The summed E-state index contributed by atoms with van der Waals surface area (Å²) in [4.78, 5) is 11.6. The summed E-state index contributed by atoms with van der Waals surface area (Å²) < 4.78 is 0.674. The number of ketones is 1. The molecule has 0 radical (unpaired) electrons. The lowest BCUT2D eigenvalue weighted by Crippen LogP contribution is -2.39. The molecule has 70 valence electrons. The Morgan fingerprint density at radius 2 is 1.69 bits per heavy atom. The van der Waals surface area contributed by atoms with Gasteiger partial charge in [-0.2, -0.15) is 0 Å². The third-order valence-electron chi connectivity index (χ3n) is 1.71. The van der Waals surface area contributed by atoms with Crippen molar-refractivity contribution in [2.75, 3.05) is 27.7 Å². The first-order valence-electron chi connectivity index (χ1n) is 4.38. The first-order valence-corrected chi connectivity index (χ1v) is 4.38. The lowest BCUT2D eigenvalue weighted by Gasteiger charge is -2.22. The van der Waals surface area contributed by atoms with Crippen LogP contribution in [0.15, 0.2) is 30.3 Å². The molecule has 0 aliphatic carbocycles. The first-order chi connectivity index (χ1) is 5.99. The third kappa shape index (κ3) is 3.38. The van der Waals surface area contributed by atoms with Gasteiger partial charge in [0.15, 0.2) is 0 Å². The van der Waals surface area contributed by atoms with Gasteiger partial charge in [-0.05, 0) is 0 Å². The highest BCUT2D eigenvalue weighted by molar-refractivity contribution is 5.96. The maximum absolute atomic E-state index is 11.6. The second-order valence-electron chi connectivity index (χ2n) is 4.24.